The molecule has 4 nitrogen and oxygen atoms in total. The van der Waals surface area contributed by atoms with Crippen LogP contribution < -0.4 is 5.32 Å². The van der Waals surface area contributed by atoms with E-state index in [1.165, 1.54) is 23.5 Å². The minimum atomic E-state index is -0.232. The molecule has 0 saturated heterocycles. The van der Waals surface area contributed by atoms with E-state index in [2.05, 4.69) is 15.3 Å². The number of amides is 1. The van der Waals surface area contributed by atoms with Crippen LogP contribution in [0.1, 0.15) is 46.0 Å². The van der Waals surface area contributed by atoms with E-state index in [0.717, 1.165) is 40.1 Å². The first kappa shape index (κ1) is 17.8. The van der Waals surface area contributed by atoms with Gasteiger partial charge in [-0.25, -0.2) is 9.37 Å². The molecular weight excluding hydrogens is 361 g/mol. The molecule has 0 atom stereocenters. The second-order valence-electron chi connectivity index (χ2n) is 6.93. The summed E-state index contributed by atoms with van der Waals surface area (Å²) in [5.41, 5.74) is 4.10. The normalized spacial score (nSPS) is 13.6. The quantitative estimate of drug-likeness (QED) is 0.677. The second-order valence-corrected chi connectivity index (χ2v) is 8.02. The molecule has 2 heterocycles. The molecule has 27 heavy (non-hydrogen) atoms. The van der Waals surface area contributed by atoms with E-state index in [1.807, 2.05) is 13.0 Å². The van der Waals surface area contributed by atoms with Crippen molar-refractivity contribution in [2.75, 3.05) is 5.32 Å². The minimum Gasteiger partial charge on any atom is -0.302 e. The van der Waals surface area contributed by atoms with Crippen molar-refractivity contribution in [3.8, 4) is 0 Å². The van der Waals surface area contributed by atoms with Gasteiger partial charge in [0.25, 0.3) is 0 Å². The summed E-state index contributed by atoms with van der Waals surface area (Å²) in [6.45, 7) is 1.97. The Morgan fingerprint density at radius 3 is 2.74 bits per heavy atom. The van der Waals surface area contributed by atoms with Crippen molar-refractivity contribution >= 4 is 22.4 Å². The van der Waals surface area contributed by atoms with Gasteiger partial charge in [-0.1, -0.05) is 12.1 Å². The van der Waals surface area contributed by atoms with Crippen molar-refractivity contribution in [3.63, 3.8) is 0 Å². The summed E-state index contributed by atoms with van der Waals surface area (Å²) >= 11 is 1.52. The smallest absolute Gasteiger partial charge is 0.230 e. The molecule has 0 bridgehead atoms. The van der Waals surface area contributed by atoms with Gasteiger partial charge in [0.15, 0.2) is 5.13 Å². The molecule has 0 aliphatic heterocycles. The average molecular weight is 381 g/mol. The third-order valence-electron chi connectivity index (χ3n) is 4.71. The average Bonchev–Trinajstić information content (AvgIpc) is 3.41. The number of carbonyl (C=O) groups is 1. The fraction of sp³-hybridized carbons (Fsp3) is 0.286. The Morgan fingerprint density at radius 2 is 2.04 bits per heavy atom. The van der Waals surface area contributed by atoms with Crippen LogP contribution in [-0.2, 0) is 17.6 Å². The Balaban J connectivity index is 1.49. The Hall–Kier alpha value is -2.60. The SMILES string of the molecule is Cc1ccncc1CC(=O)Nc1nc(C2CC2)c(Cc2ccc(F)cc2)s1. The molecule has 0 spiro atoms. The van der Waals surface area contributed by atoms with Gasteiger partial charge in [0, 0.05) is 29.6 Å². The molecule has 1 N–H and O–H groups in total. The minimum absolute atomic E-state index is 0.0875. The molecule has 6 heteroatoms. The highest BCUT2D eigenvalue weighted by Crippen LogP contribution is 2.44. The van der Waals surface area contributed by atoms with Crippen molar-refractivity contribution in [2.45, 2.75) is 38.5 Å². The van der Waals surface area contributed by atoms with Crippen LogP contribution >= 0.6 is 11.3 Å². The Bertz CT molecular complexity index is 964. The summed E-state index contributed by atoms with van der Waals surface area (Å²) in [5, 5.41) is 3.58. The number of thiazole rings is 1. The third-order valence-corrected chi connectivity index (χ3v) is 5.70. The molecular formula is C21H20FN3OS. The van der Waals surface area contributed by atoms with Crippen molar-refractivity contribution < 1.29 is 9.18 Å². The fourth-order valence-electron chi connectivity index (χ4n) is 3.03. The van der Waals surface area contributed by atoms with Crippen LogP contribution in [0.3, 0.4) is 0 Å². The predicted octanol–water partition coefficient (Wildman–Crippen LogP) is 4.64. The van der Waals surface area contributed by atoms with Crippen LogP contribution in [0.15, 0.2) is 42.7 Å². The summed E-state index contributed by atoms with van der Waals surface area (Å²) < 4.78 is 13.1. The molecule has 3 aromatic rings. The number of aryl methyl sites for hydroxylation is 1. The molecule has 1 fully saturated rings. The number of aromatic nitrogens is 2. The lowest BCUT2D eigenvalue weighted by Crippen LogP contribution is -2.15. The molecule has 1 aliphatic rings. The zero-order chi connectivity index (χ0) is 18.8. The molecule has 0 unspecified atom stereocenters. The molecule has 4 rings (SSSR count). The Labute approximate surface area is 161 Å². The number of nitrogens with zero attached hydrogens (tertiary/aromatic N) is 2. The largest absolute Gasteiger partial charge is 0.302 e. The first-order valence-electron chi connectivity index (χ1n) is 9.02. The summed E-state index contributed by atoms with van der Waals surface area (Å²) in [7, 11) is 0. The third kappa shape index (κ3) is 4.39. The van der Waals surface area contributed by atoms with Crippen LogP contribution in [0, 0.1) is 12.7 Å². The number of halogens is 1. The number of anilines is 1. The zero-order valence-electron chi connectivity index (χ0n) is 15.0. The number of rotatable bonds is 6. The van der Waals surface area contributed by atoms with Crippen LogP contribution in [0.2, 0.25) is 0 Å². The van der Waals surface area contributed by atoms with E-state index in [4.69, 9.17) is 0 Å². The van der Waals surface area contributed by atoms with Crippen LogP contribution in [-0.4, -0.2) is 15.9 Å². The Kier molecular flexibility index (Phi) is 4.99. The first-order chi connectivity index (χ1) is 13.1. The van der Waals surface area contributed by atoms with Crippen LogP contribution in [0.4, 0.5) is 9.52 Å². The van der Waals surface area contributed by atoms with Gasteiger partial charge in [0.05, 0.1) is 12.1 Å². The summed E-state index contributed by atoms with van der Waals surface area (Å²) in [6.07, 6.45) is 6.73. The number of pyridine rings is 1. The molecule has 138 valence electrons. The number of hydrogen-bond donors (Lipinski definition) is 1. The van der Waals surface area contributed by atoms with Crippen LogP contribution in [0.25, 0.3) is 0 Å². The molecule has 1 amide bonds. The molecule has 2 aromatic heterocycles. The van der Waals surface area contributed by atoms with Crippen molar-refractivity contribution in [2.24, 2.45) is 0 Å². The van der Waals surface area contributed by atoms with Gasteiger partial charge in [-0.2, -0.15) is 0 Å². The lowest BCUT2D eigenvalue weighted by Gasteiger charge is -2.04. The summed E-state index contributed by atoms with van der Waals surface area (Å²) in [5.74, 6) is 0.169. The van der Waals surface area contributed by atoms with E-state index in [1.54, 1.807) is 24.5 Å². The molecule has 1 aromatic carbocycles. The van der Waals surface area contributed by atoms with Gasteiger partial charge < -0.3 is 5.32 Å². The highest BCUT2D eigenvalue weighted by Gasteiger charge is 2.30. The van der Waals surface area contributed by atoms with Crippen molar-refractivity contribution in [3.05, 3.63) is 75.8 Å². The highest BCUT2D eigenvalue weighted by atomic mass is 32.1. The van der Waals surface area contributed by atoms with E-state index in [0.29, 0.717) is 17.5 Å². The van der Waals surface area contributed by atoms with Crippen molar-refractivity contribution in [1.29, 1.82) is 0 Å². The lowest BCUT2D eigenvalue weighted by molar-refractivity contribution is -0.115. The maximum Gasteiger partial charge on any atom is 0.230 e. The van der Waals surface area contributed by atoms with Crippen LogP contribution in [0.5, 0.6) is 0 Å². The highest BCUT2D eigenvalue weighted by molar-refractivity contribution is 7.15. The summed E-state index contributed by atoms with van der Waals surface area (Å²) in [4.78, 5) is 22.3. The standard InChI is InChI=1S/C21H20FN3OS/c1-13-8-9-23-12-16(13)11-19(26)24-21-25-20(15-4-5-15)18(27-21)10-14-2-6-17(22)7-3-14/h2-3,6-9,12,15H,4-5,10-11H2,1H3,(H,24,25,26). The molecule has 0 radical (unpaired) electrons. The number of hydrogen-bond acceptors (Lipinski definition) is 4. The van der Waals surface area contributed by atoms with E-state index in [-0.39, 0.29) is 18.1 Å². The van der Waals surface area contributed by atoms with E-state index in [9.17, 15) is 9.18 Å². The van der Waals surface area contributed by atoms with Gasteiger partial charge in [0.1, 0.15) is 5.82 Å². The maximum absolute atomic E-state index is 13.1. The van der Waals surface area contributed by atoms with Gasteiger partial charge in [-0.05, 0) is 54.7 Å². The van der Waals surface area contributed by atoms with Gasteiger partial charge in [-0.15, -0.1) is 11.3 Å². The van der Waals surface area contributed by atoms with Gasteiger partial charge >= 0.3 is 0 Å². The summed E-state index contributed by atoms with van der Waals surface area (Å²) in [6, 6.07) is 8.46. The fourth-order valence-corrected chi connectivity index (χ4v) is 4.12. The maximum atomic E-state index is 13.1. The number of benzene rings is 1. The van der Waals surface area contributed by atoms with E-state index < -0.39 is 0 Å². The van der Waals surface area contributed by atoms with Crippen molar-refractivity contribution in [1.82, 2.24) is 9.97 Å². The molecule has 1 saturated carbocycles. The topological polar surface area (TPSA) is 54.9 Å². The number of nitrogens with one attached hydrogen (secondary N) is 1. The Morgan fingerprint density at radius 1 is 1.26 bits per heavy atom. The lowest BCUT2D eigenvalue weighted by atomic mass is 10.1. The van der Waals surface area contributed by atoms with Gasteiger partial charge in [-0.3, -0.25) is 9.78 Å². The predicted molar refractivity (Wildman–Crippen MR) is 105 cm³/mol. The zero-order valence-corrected chi connectivity index (χ0v) is 15.9. The first-order valence-corrected chi connectivity index (χ1v) is 9.83. The monoisotopic (exact) mass is 381 g/mol. The van der Waals surface area contributed by atoms with E-state index >= 15 is 0 Å². The van der Waals surface area contributed by atoms with Gasteiger partial charge in [0.2, 0.25) is 5.91 Å². The number of carbonyl (C=O) groups excluding carboxylic acids is 1. The second kappa shape index (κ2) is 7.56. The molecule has 1 aliphatic carbocycles.